The van der Waals surface area contributed by atoms with E-state index < -0.39 is 81.1 Å². The molecular formula is C66H85N5O17S. The van der Waals surface area contributed by atoms with Gasteiger partial charge in [0, 0.05) is 43.6 Å². The molecule has 0 aliphatic carbocycles. The van der Waals surface area contributed by atoms with Gasteiger partial charge in [-0.3, -0.25) is 24.5 Å². The van der Waals surface area contributed by atoms with Crippen LogP contribution in [0.1, 0.15) is 108 Å². The first-order valence-electron chi connectivity index (χ1n) is 30.0. The zero-order chi connectivity index (χ0) is 64.7. The molecule has 1 unspecified atom stereocenters. The van der Waals surface area contributed by atoms with E-state index in [2.05, 4.69) is 10.6 Å². The lowest BCUT2D eigenvalue weighted by atomic mass is 9.84. The van der Waals surface area contributed by atoms with Crippen LogP contribution in [0.15, 0.2) is 126 Å². The highest BCUT2D eigenvalue weighted by atomic mass is 32.2. The summed E-state index contributed by atoms with van der Waals surface area (Å²) in [6, 6.07) is 31.2. The molecule has 22 nitrogen and oxygen atoms in total. The molecule has 23 heteroatoms. The Kier molecular flexibility index (Phi) is 26.7. The number of nitro benzene ring substituents is 1. The third kappa shape index (κ3) is 21.0. The van der Waals surface area contributed by atoms with Gasteiger partial charge in [-0.15, -0.1) is 0 Å². The van der Waals surface area contributed by atoms with Crippen LogP contribution in [0.2, 0.25) is 0 Å². The highest BCUT2D eigenvalue weighted by molar-refractivity contribution is 7.89. The number of methoxy groups -OCH3 is 3. The maximum absolute atomic E-state index is 14.2. The Bertz CT molecular complexity index is 3240. The summed E-state index contributed by atoms with van der Waals surface area (Å²) in [4.78, 5) is 80.3. The molecule has 5 aromatic carbocycles. The molecule has 0 bridgehead atoms. The smallest absolute Gasteiger partial charge is 0.407 e. The number of esters is 1. The molecule has 1 saturated heterocycles. The summed E-state index contributed by atoms with van der Waals surface area (Å²) >= 11 is 0. The number of alkyl carbamates (subject to hydrolysis) is 1. The van der Waals surface area contributed by atoms with Crippen LogP contribution in [0.4, 0.5) is 10.5 Å². The molecule has 1 heterocycles. The number of likely N-dealkylation sites (tertiary alicyclic amines) is 1. The first kappa shape index (κ1) is 70.0. The number of hydrogen-bond acceptors (Lipinski definition) is 17. The van der Waals surface area contributed by atoms with Crippen molar-refractivity contribution in [3.63, 3.8) is 0 Å². The van der Waals surface area contributed by atoms with Gasteiger partial charge >= 0.3 is 12.1 Å². The summed E-state index contributed by atoms with van der Waals surface area (Å²) in [6.45, 7) is 8.64. The van der Waals surface area contributed by atoms with Crippen LogP contribution in [-0.2, 0) is 62.9 Å². The van der Waals surface area contributed by atoms with Crippen molar-refractivity contribution in [2.24, 2.45) is 11.3 Å². The predicted molar refractivity (Wildman–Crippen MR) is 332 cm³/mol. The average Bonchev–Trinajstić information content (AvgIpc) is 2.58. The van der Waals surface area contributed by atoms with Gasteiger partial charge in [-0.1, -0.05) is 95.3 Å². The summed E-state index contributed by atoms with van der Waals surface area (Å²) in [5, 5.41) is 28.7. The molecule has 1 fully saturated rings. The number of hydrogen-bond donors (Lipinski definition) is 3. The number of piperidine rings is 1. The molecule has 1 aliphatic heterocycles. The highest BCUT2D eigenvalue weighted by Gasteiger charge is 2.41. The number of amides is 3. The third-order valence-electron chi connectivity index (χ3n) is 15.5. The Morgan fingerprint density at radius 2 is 1.52 bits per heavy atom. The van der Waals surface area contributed by atoms with E-state index in [0.717, 1.165) is 45.3 Å². The molecule has 6 rings (SSSR count). The van der Waals surface area contributed by atoms with E-state index in [1.54, 1.807) is 110 Å². The van der Waals surface area contributed by atoms with E-state index in [1.165, 1.54) is 4.90 Å². The van der Waals surface area contributed by atoms with Crippen molar-refractivity contribution in [1.29, 1.82) is 0 Å². The van der Waals surface area contributed by atoms with Crippen LogP contribution in [0.25, 0.3) is 0 Å². The van der Waals surface area contributed by atoms with Crippen LogP contribution in [-0.4, -0.2) is 142 Å². The predicted octanol–water partition coefficient (Wildman–Crippen LogP) is 9.13. The number of aryl methyl sites for hydroxylation is 1. The van der Waals surface area contributed by atoms with Gasteiger partial charge in [0.25, 0.3) is 11.6 Å². The Morgan fingerprint density at radius 1 is 0.809 bits per heavy atom. The minimum atomic E-state index is -4.28. The number of Topliss-reactive ketones (excluding diaryl/α,β-unsaturated/α-hetero) is 1. The largest absolute Gasteiger partial charge is 0.497 e. The second-order valence-electron chi connectivity index (χ2n) is 22.9. The van der Waals surface area contributed by atoms with Gasteiger partial charge in [0.15, 0.2) is 11.5 Å². The number of benzene rings is 5. The quantitative estimate of drug-likeness (QED) is 0.0112. The van der Waals surface area contributed by atoms with Crippen molar-refractivity contribution < 1.29 is 75.6 Å². The molecule has 5 atom stereocenters. The molecule has 0 radical (unpaired) electrons. The second-order valence-corrected chi connectivity index (χ2v) is 24.8. The number of sulfonamides is 1. The van der Waals surface area contributed by atoms with Crippen LogP contribution >= 0.6 is 0 Å². The van der Waals surface area contributed by atoms with Gasteiger partial charge in [0.2, 0.25) is 21.7 Å². The number of nitro groups is 1. The molecule has 3 amide bonds. The van der Waals surface area contributed by atoms with Gasteiger partial charge < -0.3 is 53.8 Å². The van der Waals surface area contributed by atoms with Crippen LogP contribution in [0.5, 0.6) is 23.0 Å². The fraction of sp³-hybridized carbons (Fsp3) is 0.470. The van der Waals surface area contributed by atoms with E-state index in [9.17, 15) is 47.6 Å². The summed E-state index contributed by atoms with van der Waals surface area (Å²) in [5.41, 5.74) is 1.84. The number of nitrogens with zero attached hydrogens (tertiary/aromatic N) is 3. The molecular weight excluding hydrogens is 1170 g/mol. The summed E-state index contributed by atoms with van der Waals surface area (Å²) < 4.78 is 69.7. The van der Waals surface area contributed by atoms with Crippen LogP contribution < -0.4 is 29.6 Å². The fourth-order valence-electron chi connectivity index (χ4n) is 9.96. The first-order chi connectivity index (χ1) is 42.5. The molecule has 0 saturated carbocycles. The van der Waals surface area contributed by atoms with E-state index >= 15 is 0 Å². The van der Waals surface area contributed by atoms with Crippen LogP contribution in [0, 0.1) is 21.4 Å². The molecule has 5 aromatic rings. The maximum Gasteiger partial charge on any atom is 0.407 e. The number of ketones is 1. The summed E-state index contributed by atoms with van der Waals surface area (Å²) in [5.74, 6) is -0.213. The lowest BCUT2D eigenvalue weighted by Gasteiger charge is -2.36. The maximum atomic E-state index is 14.2. The van der Waals surface area contributed by atoms with E-state index in [-0.39, 0.29) is 81.1 Å². The number of non-ortho nitro benzene ring substituents is 1. The summed E-state index contributed by atoms with van der Waals surface area (Å²) in [7, 11) is 0.368. The monoisotopic (exact) mass is 1250 g/mol. The van der Waals surface area contributed by atoms with Gasteiger partial charge in [-0.2, -0.15) is 4.31 Å². The number of aliphatic hydroxyl groups is 1. The van der Waals surface area contributed by atoms with Gasteiger partial charge in [0.1, 0.15) is 36.9 Å². The number of ether oxygens (including phenoxy) is 7. The normalized spacial score (nSPS) is 14.8. The number of carbonyl (C=O) groups excluding carboxylic acids is 5. The standard InChI is InChI=1S/C66H85N5O17S/c1-9-66(4,5)62(74)63(75)70-36-14-13-20-56(70)64(76)88-58(32-23-47-24-33-59(83-7)60(39-47)84-8)49-18-15-19-52(40-49)85-37-35-67-61(73)34-29-53(86-43-48-21-27-51(82-6)28-22-48)44-87-65(77)68-55(38-46-16-11-10-12-17-46)57(72)42-69(41-45(2)3)89(80,81)54-30-25-50(26-31-54)71(78)79/h10-12,15-19,21-22,24-28,30-31,33,39-40,45,53,55-58,72H,9,13-14,20,23,29,32,34-38,41-44H2,1-8H3,(H,67,73)(H,68,77)/t53?,55-,56-,57+,58+/m0/s1. The van der Waals surface area contributed by atoms with Crippen molar-refractivity contribution in [3.8, 4) is 23.0 Å². The number of rotatable bonds is 35. The van der Waals surface area contributed by atoms with E-state index in [1.807, 2.05) is 43.3 Å². The Balaban J connectivity index is 1.10. The SMILES string of the molecule is CCC(C)(C)C(=O)C(=O)N1CCCC[C@H]1C(=O)O[C@H](CCc1ccc(OC)c(OC)c1)c1cccc(OCCNC(=O)CCC(COC(=O)N[C@@H](Cc2ccccc2)[C@H](O)CN(CC(C)C)S(=O)(=O)c2ccc([N+](=O)[O-])cc2)OCc2ccc(OC)cc2)c1. The zero-order valence-corrected chi connectivity index (χ0v) is 52.9. The Hall–Kier alpha value is -8.12. The van der Waals surface area contributed by atoms with Gasteiger partial charge in [-0.25, -0.2) is 18.0 Å². The first-order valence-corrected chi connectivity index (χ1v) is 31.4. The lowest BCUT2D eigenvalue weighted by Crippen LogP contribution is -2.53. The minimum absolute atomic E-state index is 0.0119. The van der Waals surface area contributed by atoms with E-state index in [0.29, 0.717) is 67.1 Å². The Labute approximate surface area is 521 Å². The third-order valence-corrected chi connectivity index (χ3v) is 17.3. The minimum Gasteiger partial charge on any atom is -0.497 e. The zero-order valence-electron chi connectivity index (χ0n) is 52.1. The second kappa shape index (κ2) is 34.0. The van der Waals surface area contributed by atoms with Crippen molar-refractivity contribution in [1.82, 2.24) is 19.8 Å². The van der Waals surface area contributed by atoms with Crippen molar-refractivity contribution >= 4 is 45.4 Å². The number of aliphatic hydroxyl groups excluding tert-OH is 1. The van der Waals surface area contributed by atoms with E-state index in [4.69, 9.17) is 33.2 Å². The van der Waals surface area contributed by atoms with Crippen LogP contribution in [0.3, 0.4) is 0 Å². The lowest BCUT2D eigenvalue weighted by molar-refractivity contribution is -0.384. The molecule has 482 valence electrons. The number of nitrogens with one attached hydrogen (secondary N) is 2. The average molecular weight is 1250 g/mol. The van der Waals surface area contributed by atoms with Crippen molar-refractivity contribution in [2.75, 3.05) is 60.7 Å². The molecule has 89 heavy (non-hydrogen) atoms. The highest BCUT2D eigenvalue weighted by Crippen LogP contribution is 2.33. The van der Waals surface area contributed by atoms with Crippen molar-refractivity contribution in [2.45, 2.75) is 134 Å². The molecule has 0 aromatic heterocycles. The molecule has 1 aliphatic rings. The van der Waals surface area contributed by atoms with Gasteiger partial charge in [-0.05, 0) is 128 Å². The topological polar surface area (TPSA) is 278 Å². The Morgan fingerprint density at radius 3 is 2.18 bits per heavy atom. The van der Waals surface area contributed by atoms with Gasteiger partial charge in [0.05, 0.1) is 62.5 Å². The van der Waals surface area contributed by atoms with Crippen molar-refractivity contribution in [3.05, 3.63) is 154 Å². The summed E-state index contributed by atoms with van der Waals surface area (Å²) in [6.07, 6.45) is -0.917. The number of carbonyl (C=O) groups is 5. The molecule has 0 spiro atoms. The molecule has 3 N–H and O–H groups in total. The fourth-order valence-corrected chi connectivity index (χ4v) is 11.6.